The summed E-state index contributed by atoms with van der Waals surface area (Å²) in [6.45, 7) is 3.68. The van der Waals surface area contributed by atoms with Crippen molar-refractivity contribution in [2.75, 3.05) is 14.1 Å². The van der Waals surface area contributed by atoms with Gasteiger partial charge in [-0.1, -0.05) is 29.5 Å². The minimum atomic E-state index is 0.716. The lowest BCUT2D eigenvalue weighted by atomic mass is 10.1. The first-order chi connectivity index (χ1) is 11.1. The first kappa shape index (κ1) is 15.4. The number of pyridine rings is 1. The van der Waals surface area contributed by atoms with E-state index in [1.165, 1.54) is 11.1 Å². The van der Waals surface area contributed by atoms with Gasteiger partial charge < -0.3 is 4.90 Å². The lowest BCUT2D eigenvalue weighted by molar-refractivity contribution is 0.402. The Kier molecular flexibility index (Phi) is 4.48. The van der Waals surface area contributed by atoms with Crippen molar-refractivity contribution in [3.63, 3.8) is 0 Å². The van der Waals surface area contributed by atoms with Crippen LogP contribution in [0.15, 0.2) is 48.9 Å². The molecule has 0 radical (unpaired) electrons. The fraction of sp³-hybridized carbons (Fsp3) is 0.278. The van der Waals surface area contributed by atoms with Crippen LogP contribution >= 0.6 is 0 Å². The van der Waals surface area contributed by atoms with Gasteiger partial charge in [0.1, 0.15) is 5.69 Å². The maximum atomic E-state index is 4.26. The van der Waals surface area contributed by atoms with Gasteiger partial charge in [0.25, 0.3) is 0 Å². The van der Waals surface area contributed by atoms with Crippen molar-refractivity contribution in [1.82, 2.24) is 24.9 Å². The lowest BCUT2D eigenvalue weighted by Gasteiger charge is -2.10. The van der Waals surface area contributed by atoms with Crippen molar-refractivity contribution >= 4 is 0 Å². The van der Waals surface area contributed by atoms with E-state index in [1.54, 1.807) is 0 Å². The van der Waals surface area contributed by atoms with Crippen LogP contribution in [-0.2, 0) is 13.1 Å². The molecule has 2 aromatic heterocycles. The van der Waals surface area contributed by atoms with Crippen LogP contribution in [0, 0.1) is 6.92 Å². The SMILES string of the molecule is Cc1cncc(-c2cn(Cc3cccc(CN(C)C)c3)nn2)c1. The summed E-state index contributed by atoms with van der Waals surface area (Å²) in [7, 11) is 4.15. The maximum absolute atomic E-state index is 4.26. The Balaban J connectivity index is 1.77. The molecule has 118 valence electrons. The molecule has 0 bridgehead atoms. The topological polar surface area (TPSA) is 46.8 Å². The molecule has 0 aliphatic heterocycles. The van der Waals surface area contributed by atoms with E-state index in [1.807, 2.05) is 30.2 Å². The summed E-state index contributed by atoms with van der Waals surface area (Å²) in [4.78, 5) is 6.38. The highest BCUT2D eigenvalue weighted by atomic mass is 15.4. The number of aromatic nitrogens is 4. The molecule has 0 atom stereocenters. The summed E-state index contributed by atoms with van der Waals surface area (Å²) in [5, 5.41) is 8.50. The second-order valence-electron chi connectivity index (χ2n) is 6.11. The molecule has 0 spiro atoms. The van der Waals surface area contributed by atoms with E-state index < -0.39 is 0 Å². The number of aryl methyl sites for hydroxylation is 1. The maximum Gasteiger partial charge on any atom is 0.114 e. The van der Waals surface area contributed by atoms with Crippen molar-refractivity contribution in [3.05, 3.63) is 65.6 Å². The van der Waals surface area contributed by atoms with E-state index >= 15 is 0 Å². The molecule has 0 amide bonds. The molecule has 0 unspecified atom stereocenters. The zero-order chi connectivity index (χ0) is 16.2. The van der Waals surface area contributed by atoms with Crippen LogP contribution in [0.3, 0.4) is 0 Å². The van der Waals surface area contributed by atoms with Gasteiger partial charge in [-0.2, -0.15) is 0 Å². The molecular weight excluding hydrogens is 286 g/mol. The molecule has 3 rings (SSSR count). The predicted octanol–water partition coefficient (Wildman–Crippen LogP) is 2.76. The fourth-order valence-corrected chi connectivity index (χ4v) is 2.58. The fourth-order valence-electron chi connectivity index (χ4n) is 2.58. The van der Waals surface area contributed by atoms with Crippen LogP contribution in [0.25, 0.3) is 11.3 Å². The summed E-state index contributed by atoms with van der Waals surface area (Å²) in [5.74, 6) is 0. The molecule has 0 aliphatic rings. The molecule has 3 aromatic rings. The molecule has 0 saturated carbocycles. The number of hydrogen-bond donors (Lipinski definition) is 0. The average Bonchev–Trinajstić information content (AvgIpc) is 2.95. The van der Waals surface area contributed by atoms with Crippen molar-refractivity contribution in [2.24, 2.45) is 0 Å². The van der Waals surface area contributed by atoms with Gasteiger partial charge in [0, 0.05) is 24.5 Å². The molecule has 0 saturated heterocycles. The predicted molar refractivity (Wildman–Crippen MR) is 90.9 cm³/mol. The Labute approximate surface area is 136 Å². The van der Waals surface area contributed by atoms with Gasteiger partial charge in [-0.3, -0.25) is 4.98 Å². The van der Waals surface area contributed by atoms with E-state index in [2.05, 4.69) is 64.6 Å². The van der Waals surface area contributed by atoms with Crippen LogP contribution < -0.4 is 0 Å². The van der Waals surface area contributed by atoms with Crippen molar-refractivity contribution in [3.8, 4) is 11.3 Å². The van der Waals surface area contributed by atoms with Gasteiger partial charge >= 0.3 is 0 Å². The van der Waals surface area contributed by atoms with Gasteiger partial charge in [0.2, 0.25) is 0 Å². The highest BCUT2D eigenvalue weighted by Crippen LogP contribution is 2.16. The van der Waals surface area contributed by atoms with E-state index in [0.717, 1.165) is 23.4 Å². The summed E-state index contributed by atoms with van der Waals surface area (Å²) >= 11 is 0. The van der Waals surface area contributed by atoms with Gasteiger partial charge in [-0.15, -0.1) is 5.10 Å². The zero-order valence-corrected chi connectivity index (χ0v) is 13.8. The van der Waals surface area contributed by atoms with E-state index in [4.69, 9.17) is 0 Å². The Hall–Kier alpha value is -2.53. The standard InChI is InChI=1S/C18H21N5/c1-14-7-17(10-19-9-14)18-13-23(21-20-18)12-16-6-4-5-15(8-16)11-22(2)3/h4-10,13H,11-12H2,1-3H3. The van der Waals surface area contributed by atoms with Crippen molar-refractivity contribution < 1.29 is 0 Å². The quantitative estimate of drug-likeness (QED) is 0.727. The minimum Gasteiger partial charge on any atom is -0.305 e. The Morgan fingerprint density at radius 2 is 1.91 bits per heavy atom. The van der Waals surface area contributed by atoms with E-state index in [9.17, 15) is 0 Å². The third-order valence-corrected chi connectivity index (χ3v) is 3.54. The second-order valence-corrected chi connectivity index (χ2v) is 6.11. The Bertz CT molecular complexity index is 791. The summed E-state index contributed by atoms with van der Waals surface area (Å²) in [6, 6.07) is 10.6. The van der Waals surface area contributed by atoms with Crippen molar-refractivity contribution in [2.45, 2.75) is 20.0 Å². The normalized spacial score (nSPS) is 11.1. The first-order valence-corrected chi connectivity index (χ1v) is 7.65. The number of rotatable bonds is 5. The largest absolute Gasteiger partial charge is 0.305 e. The second kappa shape index (κ2) is 6.71. The highest BCUT2D eigenvalue weighted by molar-refractivity contribution is 5.56. The van der Waals surface area contributed by atoms with E-state index in [-0.39, 0.29) is 0 Å². The molecule has 1 aromatic carbocycles. The number of nitrogens with zero attached hydrogens (tertiary/aromatic N) is 5. The zero-order valence-electron chi connectivity index (χ0n) is 13.8. The summed E-state index contributed by atoms with van der Waals surface area (Å²) in [6.07, 6.45) is 5.62. The molecule has 23 heavy (non-hydrogen) atoms. The molecule has 5 nitrogen and oxygen atoms in total. The van der Waals surface area contributed by atoms with Gasteiger partial charge in [-0.25, -0.2) is 4.68 Å². The highest BCUT2D eigenvalue weighted by Gasteiger charge is 2.06. The Morgan fingerprint density at radius 3 is 2.70 bits per heavy atom. The first-order valence-electron chi connectivity index (χ1n) is 7.65. The lowest BCUT2D eigenvalue weighted by Crippen LogP contribution is -2.11. The molecular formula is C18H21N5. The third kappa shape index (κ3) is 4.02. The third-order valence-electron chi connectivity index (χ3n) is 3.54. The van der Waals surface area contributed by atoms with E-state index in [0.29, 0.717) is 6.54 Å². The summed E-state index contributed by atoms with van der Waals surface area (Å²) < 4.78 is 1.87. The van der Waals surface area contributed by atoms with Gasteiger partial charge in [0.15, 0.2) is 0 Å². The van der Waals surface area contributed by atoms with Crippen LogP contribution in [0.2, 0.25) is 0 Å². The van der Waals surface area contributed by atoms with Gasteiger partial charge in [0.05, 0.1) is 12.7 Å². The smallest absolute Gasteiger partial charge is 0.114 e. The average molecular weight is 307 g/mol. The Morgan fingerprint density at radius 1 is 1.09 bits per heavy atom. The number of hydrogen-bond acceptors (Lipinski definition) is 4. The number of benzene rings is 1. The van der Waals surface area contributed by atoms with Crippen LogP contribution in [0.1, 0.15) is 16.7 Å². The van der Waals surface area contributed by atoms with Gasteiger partial charge in [-0.05, 0) is 43.8 Å². The monoisotopic (exact) mass is 307 g/mol. The minimum absolute atomic E-state index is 0.716. The van der Waals surface area contributed by atoms with Crippen molar-refractivity contribution in [1.29, 1.82) is 0 Å². The summed E-state index contributed by atoms with van der Waals surface area (Å²) in [5.41, 5.74) is 5.50. The van der Waals surface area contributed by atoms with Crippen LogP contribution in [0.5, 0.6) is 0 Å². The molecule has 2 heterocycles. The van der Waals surface area contributed by atoms with Crippen LogP contribution in [-0.4, -0.2) is 39.0 Å². The molecule has 0 aliphatic carbocycles. The molecule has 0 N–H and O–H groups in total. The molecule has 5 heteroatoms. The van der Waals surface area contributed by atoms with Crippen LogP contribution in [0.4, 0.5) is 0 Å². The molecule has 0 fully saturated rings.